The highest BCUT2D eigenvalue weighted by Gasteiger charge is 2.21. The molecule has 0 spiro atoms. The van der Waals surface area contributed by atoms with Crippen molar-refractivity contribution in [1.82, 2.24) is 4.31 Å². The van der Waals surface area contributed by atoms with E-state index in [0.717, 1.165) is 12.0 Å². The third kappa shape index (κ3) is 5.47. The first-order chi connectivity index (χ1) is 13.3. The fraction of sp³-hybridized carbons (Fsp3) is 0.350. The Balaban J connectivity index is 1.97. The maximum absolute atomic E-state index is 12.5. The molecule has 0 atom stereocenters. The van der Waals surface area contributed by atoms with Crippen molar-refractivity contribution in [2.45, 2.75) is 32.1 Å². The first kappa shape index (κ1) is 22.2. The molecule has 152 valence electrons. The number of hydrogen-bond acceptors (Lipinski definition) is 4. The van der Waals surface area contributed by atoms with E-state index in [0.29, 0.717) is 29.5 Å². The molecular weight excluding hydrogens is 400 g/mol. The molecule has 1 N–H and O–H groups in total. The van der Waals surface area contributed by atoms with Gasteiger partial charge < -0.3 is 10.1 Å². The molecule has 2 aromatic rings. The standard InChI is InChI=1S/C20H25ClN2O4S/c1-4-15-13-17(9-12-19(15)21)27-14-20(24)22-16-7-10-18(11-8-16)28(25,26)23(5-2)6-3/h7-13H,4-6,14H2,1-3H3,(H,22,24). The maximum Gasteiger partial charge on any atom is 0.262 e. The highest BCUT2D eigenvalue weighted by molar-refractivity contribution is 7.89. The van der Waals surface area contributed by atoms with Gasteiger partial charge in [-0.25, -0.2) is 8.42 Å². The number of amides is 1. The molecule has 0 saturated heterocycles. The second-order valence-electron chi connectivity index (χ2n) is 6.06. The summed E-state index contributed by atoms with van der Waals surface area (Å²) in [7, 11) is -3.52. The fourth-order valence-corrected chi connectivity index (χ4v) is 4.39. The van der Waals surface area contributed by atoms with E-state index in [9.17, 15) is 13.2 Å². The van der Waals surface area contributed by atoms with E-state index in [4.69, 9.17) is 16.3 Å². The van der Waals surface area contributed by atoms with E-state index in [1.165, 1.54) is 16.4 Å². The van der Waals surface area contributed by atoms with Crippen molar-refractivity contribution in [3.63, 3.8) is 0 Å². The van der Waals surface area contributed by atoms with Gasteiger partial charge in [-0.15, -0.1) is 0 Å². The molecule has 0 bridgehead atoms. The minimum Gasteiger partial charge on any atom is -0.484 e. The summed E-state index contributed by atoms with van der Waals surface area (Å²) >= 11 is 6.07. The number of carbonyl (C=O) groups is 1. The van der Waals surface area contributed by atoms with E-state index < -0.39 is 10.0 Å². The van der Waals surface area contributed by atoms with Crippen LogP contribution in [0.4, 0.5) is 5.69 Å². The van der Waals surface area contributed by atoms with Crippen LogP contribution in [0.1, 0.15) is 26.3 Å². The summed E-state index contributed by atoms with van der Waals surface area (Å²) in [5.74, 6) is 0.226. The Morgan fingerprint density at radius 1 is 1.07 bits per heavy atom. The van der Waals surface area contributed by atoms with Crippen LogP contribution in [-0.4, -0.2) is 38.3 Å². The van der Waals surface area contributed by atoms with Gasteiger partial charge in [0, 0.05) is 23.8 Å². The summed E-state index contributed by atoms with van der Waals surface area (Å²) in [4.78, 5) is 12.3. The average molecular weight is 425 g/mol. The molecule has 1 amide bonds. The Morgan fingerprint density at radius 3 is 2.29 bits per heavy atom. The normalized spacial score (nSPS) is 11.5. The number of nitrogens with zero attached hydrogens (tertiary/aromatic N) is 1. The molecule has 0 unspecified atom stereocenters. The summed E-state index contributed by atoms with van der Waals surface area (Å²) in [6.45, 7) is 6.21. The molecule has 0 fully saturated rings. The molecule has 8 heteroatoms. The van der Waals surface area contributed by atoms with Crippen molar-refractivity contribution >= 4 is 33.2 Å². The lowest BCUT2D eigenvalue weighted by Gasteiger charge is -2.18. The molecule has 6 nitrogen and oxygen atoms in total. The summed E-state index contributed by atoms with van der Waals surface area (Å²) in [5.41, 5.74) is 1.45. The van der Waals surface area contributed by atoms with Gasteiger partial charge in [0.2, 0.25) is 10.0 Å². The topological polar surface area (TPSA) is 75.7 Å². The Labute approximate surface area is 171 Å². The molecule has 0 radical (unpaired) electrons. The number of sulfonamides is 1. The number of benzene rings is 2. The van der Waals surface area contributed by atoms with Gasteiger partial charge in [0.15, 0.2) is 6.61 Å². The van der Waals surface area contributed by atoms with Gasteiger partial charge in [-0.3, -0.25) is 4.79 Å². The number of aryl methyl sites for hydroxylation is 1. The molecule has 0 aliphatic heterocycles. The van der Waals surface area contributed by atoms with E-state index >= 15 is 0 Å². The predicted molar refractivity (Wildman–Crippen MR) is 112 cm³/mol. The Morgan fingerprint density at radius 2 is 1.71 bits per heavy atom. The van der Waals surface area contributed by atoms with Crippen LogP contribution in [0.2, 0.25) is 5.02 Å². The SMILES string of the molecule is CCc1cc(OCC(=O)Nc2ccc(S(=O)(=O)N(CC)CC)cc2)ccc1Cl. The summed E-state index contributed by atoms with van der Waals surface area (Å²) in [6.07, 6.45) is 0.769. The van der Waals surface area contributed by atoms with Crippen LogP contribution in [-0.2, 0) is 21.2 Å². The number of ether oxygens (including phenoxy) is 1. The molecule has 2 aromatic carbocycles. The lowest BCUT2D eigenvalue weighted by Crippen LogP contribution is -2.30. The first-order valence-electron chi connectivity index (χ1n) is 9.13. The highest BCUT2D eigenvalue weighted by atomic mass is 35.5. The van der Waals surface area contributed by atoms with E-state index in [2.05, 4.69) is 5.32 Å². The Hall–Kier alpha value is -2.09. The molecule has 0 saturated carbocycles. The number of anilines is 1. The number of halogens is 1. The van der Waals surface area contributed by atoms with Crippen molar-refractivity contribution in [3.8, 4) is 5.75 Å². The van der Waals surface area contributed by atoms with Crippen LogP contribution in [0.3, 0.4) is 0 Å². The monoisotopic (exact) mass is 424 g/mol. The maximum atomic E-state index is 12.5. The molecule has 0 aliphatic rings. The predicted octanol–water partition coefficient (Wildman–Crippen LogP) is 3.95. The second-order valence-corrected chi connectivity index (χ2v) is 8.40. The van der Waals surface area contributed by atoms with Gasteiger partial charge in [-0.2, -0.15) is 4.31 Å². The van der Waals surface area contributed by atoms with Crippen LogP contribution in [0.5, 0.6) is 5.75 Å². The van der Waals surface area contributed by atoms with Crippen molar-refractivity contribution < 1.29 is 17.9 Å². The average Bonchev–Trinajstić information content (AvgIpc) is 2.68. The molecule has 0 aliphatic carbocycles. The number of carbonyl (C=O) groups excluding carboxylic acids is 1. The zero-order chi connectivity index (χ0) is 20.7. The van der Waals surface area contributed by atoms with Gasteiger partial charge in [0.25, 0.3) is 5.91 Å². The minimum atomic E-state index is -3.52. The van der Waals surface area contributed by atoms with Crippen LogP contribution in [0.15, 0.2) is 47.4 Å². The highest BCUT2D eigenvalue weighted by Crippen LogP contribution is 2.23. The molecule has 0 aromatic heterocycles. The minimum absolute atomic E-state index is 0.162. The van der Waals surface area contributed by atoms with Crippen molar-refractivity contribution in [3.05, 3.63) is 53.1 Å². The zero-order valence-corrected chi connectivity index (χ0v) is 17.8. The number of rotatable bonds is 9. The summed E-state index contributed by atoms with van der Waals surface area (Å²) < 4.78 is 31.8. The van der Waals surface area contributed by atoms with Crippen LogP contribution in [0, 0.1) is 0 Å². The molecule has 2 rings (SSSR count). The molecule has 28 heavy (non-hydrogen) atoms. The van der Waals surface area contributed by atoms with Gasteiger partial charge >= 0.3 is 0 Å². The van der Waals surface area contributed by atoms with Crippen LogP contribution >= 0.6 is 11.6 Å². The Kier molecular flexibility index (Phi) is 7.86. The molecule has 0 heterocycles. The quantitative estimate of drug-likeness (QED) is 0.661. The van der Waals surface area contributed by atoms with Crippen molar-refractivity contribution in [2.75, 3.05) is 25.0 Å². The van der Waals surface area contributed by atoms with Gasteiger partial charge in [-0.05, 0) is 54.4 Å². The van der Waals surface area contributed by atoms with E-state index in [1.54, 1.807) is 38.1 Å². The summed E-state index contributed by atoms with van der Waals surface area (Å²) in [5, 5.41) is 3.36. The second kappa shape index (κ2) is 9.91. The lowest BCUT2D eigenvalue weighted by atomic mass is 10.1. The third-order valence-corrected chi connectivity index (χ3v) is 6.68. The van der Waals surface area contributed by atoms with Crippen LogP contribution in [0.25, 0.3) is 0 Å². The number of nitrogens with one attached hydrogen (secondary N) is 1. The van der Waals surface area contributed by atoms with Crippen molar-refractivity contribution in [1.29, 1.82) is 0 Å². The fourth-order valence-electron chi connectivity index (χ4n) is 2.68. The third-order valence-electron chi connectivity index (χ3n) is 4.25. The number of hydrogen-bond donors (Lipinski definition) is 1. The van der Waals surface area contributed by atoms with E-state index in [1.807, 2.05) is 13.0 Å². The first-order valence-corrected chi connectivity index (χ1v) is 10.9. The summed E-state index contributed by atoms with van der Waals surface area (Å²) in [6, 6.07) is 11.3. The zero-order valence-electron chi connectivity index (χ0n) is 16.2. The van der Waals surface area contributed by atoms with Gasteiger partial charge in [0.05, 0.1) is 4.90 Å². The largest absolute Gasteiger partial charge is 0.484 e. The smallest absolute Gasteiger partial charge is 0.262 e. The lowest BCUT2D eigenvalue weighted by molar-refractivity contribution is -0.118. The molecular formula is C20H25ClN2O4S. The van der Waals surface area contributed by atoms with Gasteiger partial charge in [-0.1, -0.05) is 32.4 Å². The van der Waals surface area contributed by atoms with Crippen LogP contribution < -0.4 is 10.1 Å². The van der Waals surface area contributed by atoms with E-state index in [-0.39, 0.29) is 17.4 Å². The van der Waals surface area contributed by atoms with Gasteiger partial charge in [0.1, 0.15) is 5.75 Å². The van der Waals surface area contributed by atoms with Crippen molar-refractivity contribution in [2.24, 2.45) is 0 Å². The Bertz CT molecular complexity index is 910.